The smallest absolute Gasteiger partial charge is 0.339 e. The van der Waals surface area contributed by atoms with Crippen LogP contribution in [0, 0.1) is 0 Å². The van der Waals surface area contributed by atoms with E-state index < -0.39 is 0 Å². The Labute approximate surface area is 118 Å². The molecule has 0 radical (unpaired) electrons. The normalized spacial score (nSPS) is 10.3. The second-order valence-electron chi connectivity index (χ2n) is 4.36. The minimum absolute atomic E-state index is 0.343. The van der Waals surface area contributed by atoms with Crippen molar-refractivity contribution in [2.24, 2.45) is 0 Å². The van der Waals surface area contributed by atoms with Crippen molar-refractivity contribution in [2.45, 2.75) is 20.0 Å². The summed E-state index contributed by atoms with van der Waals surface area (Å²) in [5, 5.41) is 4.14. The Kier molecular flexibility index (Phi) is 4.34. The van der Waals surface area contributed by atoms with E-state index in [9.17, 15) is 4.79 Å². The average molecular weight is 274 g/mol. The lowest BCUT2D eigenvalue weighted by Gasteiger charge is -2.21. The van der Waals surface area contributed by atoms with Crippen molar-refractivity contribution in [1.82, 2.24) is 14.8 Å². The maximum Gasteiger partial charge on any atom is 0.339 e. The molecule has 6 nitrogen and oxygen atoms in total. The van der Waals surface area contributed by atoms with Crippen LogP contribution in [0.1, 0.15) is 23.1 Å². The first-order valence-corrected chi connectivity index (χ1v) is 6.42. The largest absolute Gasteiger partial charge is 0.465 e. The van der Waals surface area contributed by atoms with E-state index >= 15 is 0 Å². The van der Waals surface area contributed by atoms with Crippen LogP contribution in [0.2, 0.25) is 0 Å². The SMILES string of the molecule is CCn1ncnc1CN(C)c1ccccc1C(=O)OC. The van der Waals surface area contributed by atoms with Crippen LogP contribution < -0.4 is 4.90 Å². The number of nitrogens with zero attached hydrogens (tertiary/aromatic N) is 4. The standard InChI is InChI=1S/C14H18N4O2/c1-4-18-13(15-10-16-18)9-17(2)12-8-6-5-7-11(12)14(19)20-3/h5-8,10H,4,9H2,1-3H3. The lowest BCUT2D eigenvalue weighted by molar-refractivity contribution is 0.0601. The number of para-hydroxylation sites is 1. The molecule has 0 atom stereocenters. The van der Waals surface area contributed by atoms with Gasteiger partial charge >= 0.3 is 5.97 Å². The average Bonchev–Trinajstić information content (AvgIpc) is 2.93. The third kappa shape index (κ3) is 2.79. The Morgan fingerprint density at radius 3 is 2.85 bits per heavy atom. The third-order valence-electron chi connectivity index (χ3n) is 3.09. The summed E-state index contributed by atoms with van der Waals surface area (Å²) >= 11 is 0. The van der Waals surface area contributed by atoms with Gasteiger partial charge in [0.05, 0.1) is 24.9 Å². The molecule has 0 bridgehead atoms. The molecule has 0 fully saturated rings. The first-order valence-electron chi connectivity index (χ1n) is 6.42. The predicted octanol–water partition coefficient (Wildman–Crippen LogP) is 1.72. The van der Waals surface area contributed by atoms with Gasteiger partial charge in [0.15, 0.2) is 0 Å². The molecular formula is C14H18N4O2. The zero-order valence-corrected chi connectivity index (χ0v) is 11.9. The molecule has 0 aliphatic heterocycles. The molecule has 1 heterocycles. The fourth-order valence-corrected chi connectivity index (χ4v) is 2.06. The van der Waals surface area contributed by atoms with E-state index in [-0.39, 0.29) is 5.97 Å². The van der Waals surface area contributed by atoms with Crippen molar-refractivity contribution in [3.63, 3.8) is 0 Å². The highest BCUT2D eigenvalue weighted by molar-refractivity contribution is 5.95. The van der Waals surface area contributed by atoms with Gasteiger partial charge in [-0.25, -0.2) is 14.5 Å². The highest BCUT2D eigenvalue weighted by Gasteiger charge is 2.15. The number of benzene rings is 1. The number of aryl methyl sites for hydroxylation is 1. The summed E-state index contributed by atoms with van der Waals surface area (Å²) in [5.74, 6) is 0.513. The van der Waals surface area contributed by atoms with Gasteiger partial charge in [-0.15, -0.1) is 0 Å². The Balaban J connectivity index is 2.25. The fraction of sp³-hybridized carbons (Fsp3) is 0.357. The van der Waals surface area contributed by atoms with Crippen LogP contribution in [0.4, 0.5) is 5.69 Å². The van der Waals surface area contributed by atoms with Crippen LogP contribution in [-0.4, -0.2) is 34.9 Å². The first kappa shape index (κ1) is 14.0. The number of carbonyl (C=O) groups is 1. The molecule has 2 aromatic rings. The lowest BCUT2D eigenvalue weighted by Crippen LogP contribution is -2.22. The van der Waals surface area contributed by atoms with Gasteiger partial charge in [-0.05, 0) is 19.1 Å². The van der Waals surface area contributed by atoms with Crippen LogP contribution >= 0.6 is 0 Å². The highest BCUT2D eigenvalue weighted by atomic mass is 16.5. The van der Waals surface area contributed by atoms with Crippen molar-refractivity contribution >= 4 is 11.7 Å². The Bertz CT molecular complexity index is 594. The number of rotatable bonds is 5. The van der Waals surface area contributed by atoms with E-state index in [1.165, 1.54) is 7.11 Å². The zero-order valence-electron chi connectivity index (χ0n) is 11.9. The molecule has 0 N–H and O–H groups in total. The molecule has 1 aromatic carbocycles. The molecule has 20 heavy (non-hydrogen) atoms. The minimum atomic E-state index is -0.343. The molecule has 6 heteroatoms. The molecular weight excluding hydrogens is 256 g/mol. The second-order valence-corrected chi connectivity index (χ2v) is 4.36. The molecule has 106 valence electrons. The molecule has 0 saturated heterocycles. The molecule has 0 amide bonds. The van der Waals surface area contributed by atoms with Gasteiger partial charge in [0.2, 0.25) is 0 Å². The summed E-state index contributed by atoms with van der Waals surface area (Å²) in [5.41, 5.74) is 1.35. The summed E-state index contributed by atoms with van der Waals surface area (Å²) in [4.78, 5) is 18.0. The maximum absolute atomic E-state index is 11.8. The van der Waals surface area contributed by atoms with E-state index in [2.05, 4.69) is 10.1 Å². The van der Waals surface area contributed by atoms with Crippen molar-refractivity contribution in [2.75, 3.05) is 19.1 Å². The lowest BCUT2D eigenvalue weighted by atomic mass is 10.1. The molecule has 2 rings (SSSR count). The number of hydrogen-bond donors (Lipinski definition) is 0. The van der Waals surface area contributed by atoms with Crippen LogP contribution in [-0.2, 0) is 17.8 Å². The third-order valence-corrected chi connectivity index (χ3v) is 3.09. The Morgan fingerprint density at radius 1 is 1.40 bits per heavy atom. The van der Waals surface area contributed by atoms with E-state index in [1.807, 2.05) is 41.8 Å². The maximum atomic E-state index is 11.8. The predicted molar refractivity (Wildman–Crippen MR) is 75.6 cm³/mol. The molecule has 1 aromatic heterocycles. The summed E-state index contributed by atoms with van der Waals surface area (Å²) in [7, 11) is 3.29. The zero-order chi connectivity index (χ0) is 14.5. The van der Waals surface area contributed by atoms with Crippen LogP contribution in [0.5, 0.6) is 0 Å². The van der Waals surface area contributed by atoms with Crippen molar-refractivity contribution in [3.05, 3.63) is 42.0 Å². The van der Waals surface area contributed by atoms with Crippen molar-refractivity contribution in [3.8, 4) is 0 Å². The summed E-state index contributed by atoms with van der Waals surface area (Å²) in [6, 6.07) is 7.35. The quantitative estimate of drug-likeness (QED) is 0.777. The van der Waals surface area contributed by atoms with Crippen LogP contribution in [0.25, 0.3) is 0 Å². The molecule has 0 aliphatic rings. The number of carbonyl (C=O) groups excluding carboxylic acids is 1. The molecule has 0 unspecified atom stereocenters. The topological polar surface area (TPSA) is 60.2 Å². The van der Waals surface area contributed by atoms with E-state index in [1.54, 1.807) is 12.4 Å². The van der Waals surface area contributed by atoms with Crippen LogP contribution in [0.3, 0.4) is 0 Å². The van der Waals surface area contributed by atoms with Gasteiger partial charge in [0.1, 0.15) is 12.2 Å². The van der Waals surface area contributed by atoms with Crippen molar-refractivity contribution in [1.29, 1.82) is 0 Å². The second kappa shape index (κ2) is 6.18. The number of esters is 1. The highest BCUT2D eigenvalue weighted by Crippen LogP contribution is 2.21. The van der Waals surface area contributed by atoms with Gasteiger partial charge in [-0.2, -0.15) is 5.10 Å². The monoisotopic (exact) mass is 274 g/mol. The number of aromatic nitrogens is 3. The minimum Gasteiger partial charge on any atom is -0.465 e. The van der Waals surface area contributed by atoms with E-state index in [4.69, 9.17) is 4.74 Å². The van der Waals surface area contributed by atoms with E-state index in [0.717, 1.165) is 18.1 Å². The van der Waals surface area contributed by atoms with Gasteiger partial charge in [-0.1, -0.05) is 12.1 Å². The van der Waals surface area contributed by atoms with Crippen molar-refractivity contribution < 1.29 is 9.53 Å². The fourth-order valence-electron chi connectivity index (χ4n) is 2.06. The number of methoxy groups -OCH3 is 1. The Morgan fingerprint density at radius 2 is 2.15 bits per heavy atom. The van der Waals surface area contributed by atoms with Gasteiger partial charge in [0.25, 0.3) is 0 Å². The molecule has 0 aliphatic carbocycles. The van der Waals surface area contributed by atoms with Gasteiger partial charge in [-0.3, -0.25) is 0 Å². The summed E-state index contributed by atoms with van der Waals surface area (Å²) in [6.07, 6.45) is 1.54. The number of hydrogen-bond acceptors (Lipinski definition) is 5. The first-order chi connectivity index (χ1) is 9.67. The summed E-state index contributed by atoms with van der Waals surface area (Å²) < 4.78 is 6.64. The van der Waals surface area contributed by atoms with E-state index in [0.29, 0.717) is 12.1 Å². The number of ether oxygens (including phenoxy) is 1. The molecule has 0 saturated carbocycles. The molecule has 0 spiro atoms. The van der Waals surface area contributed by atoms with Crippen LogP contribution in [0.15, 0.2) is 30.6 Å². The number of anilines is 1. The van der Waals surface area contributed by atoms with Gasteiger partial charge in [0, 0.05) is 13.6 Å². The van der Waals surface area contributed by atoms with Gasteiger partial charge < -0.3 is 9.64 Å². The Hall–Kier alpha value is -2.37. The summed E-state index contributed by atoms with van der Waals surface area (Å²) in [6.45, 7) is 3.35.